The number of nitrogen functional groups attached to an aromatic ring is 1. The number of ether oxygens (including phenoxy) is 1. The Balaban J connectivity index is 2.15. The number of anilines is 1. The highest BCUT2D eigenvalue weighted by molar-refractivity contribution is 7.86. The molecular weight excluding hydrogens is 276 g/mol. The molecule has 20 heavy (non-hydrogen) atoms. The summed E-state index contributed by atoms with van der Waals surface area (Å²) in [6, 6.07) is 5.40. The lowest BCUT2D eigenvalue weighted by Gasteiger charge is -2.29. The Bertz CT molecular complexity index is 527. The van der Waals surface area contributed by atoms with E-state index in [1.54, 1.807) is 17.9 Å². The number of carbonyl (C=O) groups excluding carboxylic acids is 1. The maximum Gasteiger partial charge on any atom is 0.238 e. The van der Waals surface area contributed by atoms with E-state index in [0.717, 1.165) is 5.56 Å². The van der Waals surface area contributed by atoms with Crippen molar-refractivity contribution in [2.45, 2.75) is 24.0 Å². The molecule has 1 aliphatic rings. The molecule has 2 atom stereocenters. The third-order valence-corrected chi connectivity index (χ3v) is 5.13. The number of carbonyl (C=O) groups is 1. The largest absolute Gasteiger partial charge is 0.398 e. The normalized spacial score (nSPS) is 18.6. The van der Waals surface area contributed by atoms with E-state index in [2.05, 4.69) is 0 Å². The number of hydrogen-bond acceptors (Lipinski definition) is 4. The number of rotatable bonds is 3. The highest BCUT2D eigenvalue weighted by Gasteiger charge is 2.28. The van der Waals surface area contributed by atoms with Gasteiger partial charge in [-0.25, -0.2) is 0 Å². The lowest BCUT2D eigenvalue weighted by molar-refractivity contribution is -0.134. The number of nitrogens with two attached hydrogens (primary N) is 1. The standard InChI is InChI=1S/C14H20N2O3S/c1-10-4-3-5-12(13(10)15)20(18)11(2)14(17)16-6-8-19-9-7-16/h3-5,11H,6-9,15H2,1-2H3. The van der Waals surface area contributed by atoms with Gasteiger partial charge in [-0.3, -0.25) is 9.00 Å². The average Bonchev–Trinajstić information content (AvgIpc) is 2.48. The van der Waals surface area contributed by atoms with E-state index in [-0.39, 0.29) is 5.91 Å². The SMILES string of the molecule is Cc1cccc(S(=O)C(C)C(=O)N2CCOCC2)c1N. The minimum Gasteiger partial charge on any atom is -0.398 e. The zero-order chi connectivity index (χ0) is 14.7. The first-order valence-electron chi connectivity index (χ1n) is 6.64. The summed E-state index contributed by atoms with van der Waals surface area (Å²) < 4.78 is 17.8. The fraction of sp³-hybridized carbons (Fsp3) is 0.500. The van der Waals surface area contributed by atoms with Crippen LogP contribution in [-0.4, -0.2) is 46.6 Å². The summed E-state index contributed by atoms with van der Waals surface area (Å²) in [5.74, 6) is -0.104. The molecule has 0 bridgehead atoms. The van der Waals surface area contributed by atoms with Gasteiger partial charge in [0.15, 0.2) is 0 Å². The van der Waals surface area contributed by atoms with Crippen LogP contribution in [-0.2, 0) is 20.3 Å². The molecule has 1 amide bonds. The highest BCUT2D eigenvalue weighted by atomic mass is 32.2. The Morgan fingerprint density at radius 2 is 2.05 bits per heavy atom. The quantitative estimate of drug-likeness (QED) is 0.842. The van der Waals surface area contributed by atoms with Crippen LogP contribution in [0.2, 0.25) is 0 Å². The molecule has 2 N–H and O–H groups in total. The van der Waals surface area contributed by atoms with Gasteiger partial charge in [0.2, 0.25) is 5.91 Å². The van der Waals surface area contributed by atoms with E-state index in [4.69, 9.17) is 10.5 Å². The number of aryl methyl sites for hydroxylation is 1. The van der Waals surface area contributed by atoms with Crippen LogP contribution in [0.5, 0.6) is 0 Å². The summed E-state index contributed by atoms with van der Waals surface area (Å²) in [5.41, 5.74) is 7.35. The van der Waals surface area contributed by atoms with Crippen LogP contribution >= 0.6 is 0 Å². The zero-order valence-electron chi connectivity index (χ0n) is 11.8. The molecule has 0 radical (unpaired) electrons. The minimum atomic E-state index is -1.44. The van der Waals surface area contributed by atoms with Gasteiger partial charge in [0.25, 0.3) is 0 Å². The molecule has 0 saturated carbocycles. The summed E-state index contributed by atoms with van der Waals surface area (Å²) in [7, 11) is -1.44. The molecule has 6 heteroatoms. The molecule has 2 unspecified atom stereocenters. The maximum absolute atomic E-state index is 12.6. The molecule has 1 aromatic carbocycles. The Labute approximate surface area is 121 Å². The number of morpholine rings is 1. The number of amides is 1. The predicted molar refractivity (Wildman–Crippen MR) is 78.9 cm³/mol. The van der Waals surface area contributed by atoms with Gasteiger partial charge in [-0.2, -0.15) is 0 Å². The third kappa shape index (κ3) is 3.02. The number of benzene rings is 1. The molecular formula is C14H20N2O3S. The fourth-order valence-electron chi connectivity index (χ4n) is 2.15. The van der Waals surface area contributed by atoms with Gasteiger partial charge >= 0.3 is 0 Å². The van der Waals surface area contributed by atoms with Crippen LogP contribution in [0, 0.1) is 6.92 Å². The zero-order valence-corrected chi connectivity index (χ0v) is 12.6. The van der Waals surface area contributed by atoms with Crippen molar-refractivity contribution in [2.24, 2.45) is 0 Å². The molecule has 0 aromatic heterocycles. The fourth-order valence-corrected chi connectivity index (χ4v) is 3.46. The van der Waals surface area contributed by atoms with Crippen molar-refractivity contribution < 1.29 is 13.7 Å². The van der Waals surface area contributed by atoms with E-state index >= 15 is 0 Å². The molecule has 1 fully saturated rings. The predicted octanol–water partition coefficient (Wildman–Crippen LogP) is 0.932. The van der Waals surface area contributed by atoms with Gasteiger partial charge in [-0.1, -0.05) is 12.1 Å². The van der Waals surface area contributed by atoms with Gasteiger partial charge < -0.3 is 15.4 Å². The van der Waals surface area contributed by atoms with Crippen LogP contribution in [0.3, 0.4) is 0 Å². The first-order chi connectivity index (χ1) is 9.52. The van der Waals surface area contributed by atoms with Crippen LogP contribution in [0.1, 0.15) is 12.5 Å². The van der Waals surface area contributed by atoms with Gasteiger partial charge in [0.1, 0.15) is 5.25 Å². The average molecular weight is 296 g/mol. The van der Waals surface area contributed by atoms with Crippen LogP contribution < -0.4 is 5.73 Å². The van der Waals surface area contributed by atoms with Gasteiger partial charge in [-0.05, 0) is 25.5 Å². The first kappa shape index (κ1) is 15.0. The number of nitrogens with zero attached hydrogens (tertiary/aromatic N) is 1. The third-order valence-electron chi connectivity index (χ3n) is 3.49. The van der Waals surface area contributed by atoms with Crippen molar-refractivity contribution in [2.75, 3.05) is 32.0 Å². The van der Waals surface area contributed by atoms with E-state index in [1.165, 1.54) is 0 Å². The molecule has 1 aliphatic heterocycles. The Kier molecular flexibility index (Phi) is 4.77. The summed E-state index contributed by atoms with van der Waals surface area (Å²) >= 11 is 0. The Morgan fingerprint density at radius 1 is 1.40 bits per heavy atom. The van der Waals surface area contributed by atoms with Crippen molar-refractivity contribution in [3.8, 4) is 0 Å². The summed E-state index contributed by atoms with van der Waals surface area (Å²) in [6.45, 7) is 5.75. The second kappa shape index (κ2) is 6.37. The van der Waals surface area contributed by atoms with Crippen molar-refractivity contribution >= 4 is 22.4 Å². The molecule has 1 aromatic rings. The lowest BCUT2D eigenvalue weighted by atomic mass is 10.2. The number of para-hydroxylation sites is 1. The summed E-state index contributed by atoms with van der Waals surface area (Å²) in [6.07, 6.45) is 0. The molecule has 5 nitrogen and oxygen atoms in total. The molecule has 1 saturated heterocycles. The van der Waals surface area contributed by atoms with Crippen molar-refractivity contribution in [3.63, 3.8) is 0 Å². The van der Waals surface area contributed by atoms with Crippen LogP contribution in [0.25, 0.3) is 0 Å². The van der Waals surface area contributed by atoms with Crippen molar-refractivity contribution in [1.29, 1.82) is 0 Å². The summed E-state index contributed by atoms with van der Waals surface area (Å²) in [4.78, 5) is 14.6. The van der Waals surface area contributed by atoms with Gasteiger partial charge in [-0.15, -0.1) is 0 Å². The van der Waals surface area contributed by atoms with Gasteiger partial charge in [0.05, 0.1) is 34.6 Å². The second-order valence-corrected chi connectivity index (χ2v) is 6.61. The van der Waals surface area contributed by atoms with E-state index in [1.807, 2.05) is 19.1 Å². The van der Waals surface area contributed by atoms with Crippen LogP contribution in [0.15, 0.2) is 23.1 Å². The van der Waals surface area contributed by atoms with Gasteiger partial charge in [0, 0.05) is 13.1 Å². The molecule has 1 heterocycles. The van der Waals surface area contributed by atoms with Crippen LogP contribution in [0.4, 0.5) is 5.69 Å². The highest BCUT2D eigenvalue weighted by Crippen LogP contribution is 2.23. The minimum absolute atomic E-state index is 0.104. The van der Waals surface area contributed by atoms with E-state index < -0.39 is 16.0 Å². The summed E-state index contributed by atoms with van der Waals surface area (Å²) in [5, 5.41) is -0.600. The maximum atomic E-state index is 12.6. The topological polar surface area (TPSA) is 72.6 Å². The number of hydrogen-bond donors (Lipinski definition) is 1. The van der Waals surface area contributed by atoms with E-state index in [0.29, 0.717) is 36.9 Å². The Morgan fingerprint density at radius 3 is 2.70 bits per heavy atom. The van der Waals surface area contributed by atoms with Crippen molar-refractivity contribution in [3.05, 3.63) is 23.8 Å². The molecule has 0 aliphatic carbocycles. The Hall–Kier alpha value is -1.40. The van der Waals surface area contributed by atoms with Crippen molar-refractivity contribution in [1.82, 2.24) is 4.90 Å². The lowest BCUT2D eigenvalue weighted by Crippen LogP contribution is -2.46. The monoisotopic (exact) mass is 296 g/mol. The van der Waals surface area contributed by atoms with E-state index in [9.17, 15) is 9.00 Å². The molecule has 110 valence electrons. The second-order valence-electron chi connectivity index (χ2n) is 4.86. The smallest absolute Gasteiger partial charge is 0.238 e. The molecule has 2 rings (SSSR count). The first-order valence-corrected chi connectivity index (χ1v) is 7.86. The molecule has 0 spiro atoms.